The zero-order chi connectivity index (χ0) is 89.4. The Morgan fingerprint density at radius 2 is 0.632 bits per heavy atom. The molecule has 0 aliphatic rings. The molecule has 0 aliphatic carbocycles. The van der Waals surface area contributed by atoms with E-state index in [2.05, 4.69) is 74.4 Å². The second-order valence-electron chi connectivity index (χ2n) is 29.6. The number of aliphatic hydroxyl groups excluding tert-OH is 4. The number of carbonyl (C=O) groups is 18. The van der Waals surface area contributed by atoms with Gasteiger partial charge in [0.2, 0.25) is 82.7 Å². The Bertz CT molecular complexity index is 3510. The van der Waals surface area contributed by atoms with E-state index in [0.29, 0.717) is 18.4 Å². The van der Waals surface area contributed by atoms with Crippen molar-refractivity contribution in [2.24, 2.45) is 40.9 Å². The van der Waals surface area contributed by atoms with Crippen LogP contribution in [0.1, 0.15) is 166 Å². The Morgan fingerprint density at radius 1 is 0.342 bits per heavy atom. The highest BCUT2D eigenvalue weighted by Gasteiger charge is 2.42. The van der Waals surface area contributed by atoms with Gasteiger partial charge < -0.3 is 132 Å². The fourth-order valence-electron chi connectivity index (χ4n) is 11.4. The minimum Gasteiger partial charge on any atom is -0.481 e. The summed E-state index contributed by atoms with van der Waals surface area (Å²) in [5, 5.41) is 115. The smallest absolute Gasteiger partial charge is 0.326 e. The predicted molar refractivity (Wildman–Crippen MR) is 416 cm³/mol. The monoisotopic (exact) mass is 1670 g/mol. The molecule has 0 aliphatic heterocycles. The fourth-order valence-corrected chi connectivity index (χ4v) is 11.4. The van der Waals surface area contributed by atoms with Gasteiger partial charge in [-0.05, 0) is 115 Å². The van der Waals surface area contributed by atoms with E-state index in [0.717, 1.165) is 20.8 Å². The van der Waals surface area contributed by atoms with Gasteiger partial charge in [0.05, 0.1) is 50.2 Å². The Kier molecular flexibility index (Phi) is 47.2. The van der Waals surface area contributed by atoms with Crippen molar-refractivity contribution in [1.82, 2.24) is 74.4 Å². The number of hydrogen-bond acceptors (Lipinski definition) is 25. The number of amides is 14. The Morgan fingerprint density at radius 3 is 1.00 bits per heavy atom. The van der Waals surface area contributed by atoms with Crippen LogP contribution in [0.25, 0.3) is 0 Å². The Labute approximate surface area is 677 Å². The van der Waals surface area contributed by atoms with Crippen molar-refractivity contribution in [2.75, 3.05) is 19.7 Å². The lowest BCUT2D eigenvalue weighted by molar-refractivity contribution is -0.143. The molecule has 0 radical (unpaired) electrons. The number of aliphatic carboxylic acids is 4. The summed E-state index contributed by atoms with van der Waals surface area (Å²) in [5.41, 5.74) is 17.3. The van der Waals surface area contributed by atoms with Gasteiger partial charge in [0.25, 0.3) is 0 Å². The fraction of sp³-hybridized carbons (Fsp3) is 0.676. The summed E-state index contributed by atoms with van der Waals surface area (Å²) in [4.78, 5) is 243. The molecule has 0 fully saturated rings. The molecule has 0 saturated carbocycles. The third kappa shape index (κ3) is 37.5. The second-order valence-corrected chi connectivity index (χ2v) is 29.6. The van der Waals surface area contributed by atoms with Crippen LogP contribution in [-0.2, 0) is 92.7 Å². The van der Waals surface area contributed by atoms with Crippen LogP contribution in [0.15, 0.2) is 30.3 Å². The van der Waals surface area contributed by atoms with Crippen LogP contribution in [0.4, 0.5) is 0 Å². The van der Waals surface area contributed by atoms with E-state index in [9.17, 15) is 127 Å². The zero-order valence-electron chi connectivity index (χ0n) is 68.1. The van der Waals surface area contributed by atoms with Crippen LogP contribution in [-0.4, -0.2) is 276 Å². The van der Waals surface area contributed by atoms with Crippen molar-refractivity contribution >= 4 is 107 Å². The van der Waals surface area contributed by atoms with Crippen LogP contribution in [0, 0.1) is 23.7 Å². The molecule has 660 valence electrons. The van der Waals surface area contributed by atoms with E-state index in [1.807, 2.05) is 0 Å². The van der Waals surface area contributed by atoms with E-state index in [-0.39, 0.29) is 64.5 Å². The molecule has 14 amide bonds. The SMILES string of the molecule is CC[C@H](C)[C@H](NC(=O)[C@H](CC(=O)O)NC(=O)[C@@H](NC(=O)[C@H](Cc1ccccc1)NC(=O)[C@H](CC(=O)O)NC(=O)[C@H](C)N)[C@@H](C)O)C(=O)N[C@@H](CO)C(=O)N[C@@H](CCCCN)C(=O)N[C@H](C(=O)N[C@H](C(=O)N[C@H](C(=O)N[C@@H](CC(=O)O)C(=O)N[C@@H](CC(C)C)C(=O)N[C@H](C(=O)N[C@@H](CCCCN)C(=O)O)[C@@H](C)O)[C@@H](C)O)C(C)C)[C@@H](C)CC. The number of nitrogens with one attached hydrogen (secondary N) is 14. The highest BCUT2D eigenvalue weighted by atomic mass is 16.4. The highest BCUT2D eigenvalue weighted by Crippen LogP contribution is 2.17. The molecule has 0 aromatic heterocycles. The number of carbonyl (C=O) groups excluding carboxylic acids is 14. The third-order valence-electron chi connectivity index (χ3n) is 18.7. The van der Waals surface area contributed by atoms with Crippen molar-refractivity contribution < 1.29 is 127 Å². The quantitative estimate of drug-likeness (QED) is 0.0270. The standard InChI is InChI=1S/C74H123N17O26/c1-13-36(7)55(88-66(108)49(32-53(100)101)84-72(114)58(40(11)94)90-65(107)46(29-42-22-16-15-17-23-42)82-62(104)47(30-51(96)97)80-60(102)38(9)77)69(111)85-50(33-92)67(109)78-43(24-18-20-26-75)61(103)87-56(37(8)14-2)70(112)86-54(35(5)6)68(110)91-59(41(12)95)73(115)83-48(31-52(98)99)63(105)81-45(28-34(3)4)64(106)89-57(39(10)93)71(113)79-44(74(116)117)25-19-21-27-76/h15-17,22-23,34-41,43-50,54-59,92-95H,13-14,18-21,24-33,75-77H2,1-12H3,(H,78,109)(H,79,113)(H,80,102)(H,81,105)(H,82,104)(H,83,115)(H,84,114)(H,85,111)(H,86,112)(H,87,103)(H,88,108)(H,89,106)(H,90,107)(H,91,110)(H,96,97)(H,98,99)(H,100,101)(H,116,117)/t36-,37-,38-,39+,40+,41+,43-,44-,45-,46-,47-,48-,49-,50-,54-,55-,56-,57-,58-,59-/m0/s1. The number of carboxylic acid groups (broad SMARTS) is 4. The molecule has 0 bridgehead atoms. The van der Waals surface area contributed by atoms with Gasteiger partial charge in [-0.15, -0.1) is 0 Å². The van der Waals surface area contributed by atoms with Crippen LogP contribution < -0.4 is 91.6 Å². The van der Waals surface area contributed by atoms with Crippen molar-refractivity contribution in [3.8, 4) is 0 Å². The first kappa shape index (κ1) is 104. The van der Waals surface area contributed by atoms with Gasteiger partial charge in [0, 0.05) is 6.42 Å². The highest BCUT2D eigenvalue weighted by molar-refractivity contribution is 6.02. The summed E-state index contributed by atoms with van der Waals surface area (Å²) in [6, 6.07) is -18.0. The minimum absolute atomic E-state index is 0.0478. The van der Waals surface area contributed by atoms with Gasteiger partial charge in [-0.25, -0.2) is 4.79 Å². The van der Waals surface area contributed by atoms with Crippen LogP contribution in [0.3, 0.4) is 0 Å². The number of unbranched alkanes of at least 4 members (excludes halogenated alkanes) is 2. The van der Waals surface area contributed by atoms with Gasteiger partial charge in [0.15, 0.2) is 0 Å². The van der Waals surface area contributed by atoms with Gasteiger partial charge in [-0.1, -0.05) is 98.6 Å². The Hall–Kier alpha value is -10.6. The number of rotatable bonds is 56. The van der Waals surface area contributed by atoms with Crippen LogP contribution in [0.2, 0.25) is 0 Å². The molecular weight excluding hydrogens is 1540 g/mol. The molecule has 20 atom stereocenters. The minimum atomic E-state index is -2.10. The third-order valence-corrected chi connectivity index (χ3v) is 18.7. The molecule has 0 heterocycles. The molecule has 1 aromatic carbocycles. The van der Waals surface area contributed by atoms with E-state index in [1.165, 1.54) is 27.7 Å². The molecular formula is C74H123N17O26. The first-order valence-corrected chi connectivity index (χ1v) is 38.7. The van der Waals surface area contributed by atoms with Gasteiger partial charge in [-0.2, -0.15) is 0 Å². The largest absolute Gasteiger partial charge is 0.481 e. The molecule has 0 saturated heterocycles. The molecule has 117 heavy (non-hydrogen) atoms. The van der Waals surface area contributed by atoms with Crippen molar-refractivity contribution in [1.29, 1.82) is 0 Å². The summed E-state index contributed by atoms with van der Waals surface area (Å²) in [6.07, 6.45) is -7.90. The van der Waals surface area contributed by atoms with E-state index < -0.39 is 265 Å². The maximum absolute atomic E-state index is 14.5. The molecule has 43 heteroatoms. The summed E-state index contributed by atoms with van der Waals surface area (Å²) in [5.74, 6) is -25.5. The Balaban J connectivity index is 3.59. The number of carboxylic acids is 4. The molecule has 1 rings (SSSR count). The number of hydrogen-bond donors (Lipinski definition) is 25. The summed E-state index contributed by atoms with van der Waals surface area (Å²) < 4.78 is 0. The average Bonchev–Trinajstić information content (AvgIpc) is 0.843. The summed E-state index contributed by atoms with van der Waals surface area (Å²) in [6.45, 7) is 16.1. The predicted octanol–water partition coefficient (Wildman–Crippen LogP) is -6.94. The maximum atomic E-state index is 14.5. The molecule has 28 N–H and O–H groups in total. The lowest BCUT2D eigenvalue weighted by Crippen LogP contribution is -2.63. The van der Waals surface area contributed by atoms with Crippen molar-refractivity contribution in [3.05, 3.63) is 35.9 Å². The number of nitrogens with two attached hydrogens (primary N) is 3. The first-order chi connectivity index (χ1) is 54.7. The van der Waals surface area contributed by atoms with Gasteiger partial charge in [-0.3, -0.25) is 81.5 Å². The topological polar surface area (TPSA) is 716 Å². The van der Waals surface area contributed by atoms with Crippen molar-refractivity contribution in [3.63, 3.8) is 0 Å². The van der Waals surface area contributed by atoms with Gasteiger partial charge >= 0.3 is 23.9 Å². The first-order valence-electron chi connectivity index (χ1n) is 38.7. The number of aliphatic hydroxyl groups is 4. The summed E-state index contributed by atoms with van der Waals surface area (Å²) >= 11 is 0. The molecule has 0 unspecified atom stereocenters. The van der Waals surface area contributed by atoms with Gasteiger partial charge in [0.1, 0.15) is 84.6 Å². The van der Waals surface area contributed by atoms with Crippen LogP contribution in [0.5, 0.6) is 0 Å². The van der Waals surface area contributed by atoms with E-state index in [1.54, 1.807) is 65.0 Å². The van der Waals surface area contributed by atoms with E-state index >= 15 is 0 Å². The normalized spacial score (nSPS) is 16.4. The zero-order valence-corrected chi connectivity index (χ0v) is 68.1. The second kappa shape index (κ2) is 52.9. The van der Waals surface area contributed by atoms with Crippen molar-refractivity contribution in [2.45, 2.75) is 275 Å². The molecule has 1 aromatic rings. The van der Waals surface area contributed by atoms with Crippen LogP contribution >= 0.6 is 0 Å². The maximum Gasteiger partial charge on any atom is 0.326 e. The molecule has 43 nitrogen and oxygen atoms in total. The summed E-state index contributed by atoms with van der Waals surface area (Å²) in [7, 11) is 0. The average molecular weight is 1670 g/mol. The van der Waals surface area contributed by atoms with E-state index in [4.69, 9.17) is 17.2 Å². The number of benzene rings is 1. The lowest BCUT2D eigenvalue weighted by atomic mass is 9.95. The lowest BCUT2D eigenvalue weighted by Gasteiger charge is -2.31. The molecule has 0 spiro atoms.